The molecule has 4 heteroatoms. The second kappa shape index (κ2) is 2.00. The average Bonchev–Trinajstić information content (AvgIpc) is 1.81. The maximum Gasteiger partial charge on any atom is 0.113 e. The van der Waals surface area contributed by atoms with Gasteiger partial charge in [0, 0.05) is 18.2 Å². The summed E-state index contributed by atoms with van der Waals surface area (Å²) in [4.78, 5) is 0. The second-order valence-electron chi connectivity index (χ2n) is 2.47. The van der Waals surface area contributed by atoms with Gasteiger partial charge in [-0.1, -0.05) is 0 Å². The van der Waals surface area contributed by atoms with Gasteiger partial charge >= 0.3 is 0 Å². The summed E-state index contributed by atoms with van der Waals surface area (Å²) >= 11 is 0. The summed E-state index contributed by atoms with van der Waals surface area (Å²) in [6.07, 6.45) is 3.28. The van der Waals surface area contributed by atoms with Gasteiger partial charge in [0.25, 0.3) is 0 Å². The molecule has 0 fully saturated rings. The van der Waals surface area contributed by atoms with Crippen LogP contribution in [-0.2, 0) is 0 Å². The summed E-state index contributed by atoms with van der Waals surface area (Å²) in [6, 6.07) is 0. The average molecular weight is 141 g/mol. The molecule has 0 aromatic rings. The fraction of sp³-hybridized carbons (Fsp3) is 0.333. The van der Waals surface area contributed by atoms with Crippen LogP contribution < -0.4 is 17.2 Å². The highest BCUT2D eigenvalue weighted by Gasteiger charge is 2.24. The van der Waals surface area contributed by atoms with Crippen molar-refractivity contribution < 1.29 is 5.11 Å². The molecule has 0 spiro atoms. The molecule has 1 rings (SSSR count). The first-order valence-corrected chi connectivity index (χ1v) is 2.97. The monoisotopic (exact) mass is 141 g/mol. The highest BCUT2D eigenvalue weighted by atomic mass is 16.3. The number of aliphatic hydroxyl groups excluding tert-OH is 1. The Balaban J connectivity index is 2.88. The molecule has 0 saturated heterocycles. The standard InChI is InChI=1S/C6H11N3O/c7-5-3-4(10)1-2-6(5,8)9/h1,3,10H,2,7-9H2. The van der Waals surface area contributed by atoms with Gasteiger partial charge in [-0.3, -0.25) is 0 Å². The summed E-state index contributed by atoms with van der Waals surface area (Å²) in [5.41, 5.74) is 15.8. The van der Waals surface area contributed by atoms with Crippen molar-refractivity contribution in [3.8, 4) is 0 Å². The molecule has 0 heterocycles. The molecule has 7 N–H and O–H groups in total. The van der Waals surface area contributed by atoms with Crippen molar-refractivity contribution in [2.75, 3.05) is 0 Å². The Morgan fingerprint density at radius 3 is 2.50 bits per heavy atom. The van der Waals surface area contributed by atoms with E-state index >= 15 is 0 Å². The molecule has 1 aliphatic carbocycles. The summed E-state index contributed by atoms with van der Waals surface area (Å²) in [5, 5.41) is 8.91. The van der Waals surface area contributed by atoms with Crippen molar-refractivity contribution >= 4 is 0 Å². The van der Waals surface area contributed by atoms with Gasteiger partial charge in [0.05, 0.1) is 0 Å². The van der Waals surface area contributed by atoms with Crippen molar-refractivity contribution in [1.29, 1.82) is 0 Å². The van der Waals surface area contributed by atoms with Crippen molar-refractivity contribution in [2.24, 2.45) is 17.2 Å². The van der Waals surface area contributed by atoms with E-state index in [1.54, 1.807) is 0 Å². The highest BCUT2D eigenvalue weighted by molar-refractivity contribution is 5.29. The third kappa shape index (κ3) is 1.12. The van der Waals surface area contributed by atoms with Crippen molar-refractivity contribution in [3.63, 3.8) is 0 Å². The Morgan fingerprint density at radius 1 is 1.50 bits per heavy atom. The lowest BCUT2D eigenvalue weighted by atomic mass is 9.99. The minimum absolute atomic E-state index is 0.129. The van der Waals surface area contributed by atoms with Crippen LogP contribution in [0.3, 0.4) is 0 Å². The van der Waals surface area contributed by atoms with Gasteiger partial charge in [0.2, 0.25) is 0 Å². The van der Waals surface area contributed by atoms with Crippen LogP contribution in [0.4, 0.5) is 0 Å². The predicted octanol–water partition coefficient (Wildman–Crippen LogP) is -0.712. The molecule has 0 aromatic carbocycles. The van der Waals surface area contributed by atoms with E-state index in [9.17, 15) is 0 Å². The van der Waals surface area contributed by atoms with Gasteiger partial charge in [-0.2, -0.15) is 0 Å². The number of aliphatic hydroxyl groups is 1. The van der Waals surface area contributed by atoms with Gasteiger partial charge in [-0.25, -0.2) is 0 Å². The molecule has 0 aromatic heterocycles. The van der Waals surface area contributed by atoms with Gasteiger partial charge in [-0.15, -0.1) is 0 Å². The predicted molar refractivity (Wildman–Crippen MR) is 38.7 cm³/mol. The smallest absolute Gasteiger partial charge is 0.113 e. The zero-order valence-corrected chi connectivity index (χ0v) is 5.54. The molecular weight excluding hydrogens is 130 g/mol. The van der Waals surface area contributed by atoms with E-state index in [2.05, 4.69) is 0 Å². The quantitative estimate of drug-likeness (QED) is 0.335. The van der Waals surface area contributed by atoms with Crippen molar-refractivity contribution in [3.05, 3.63) is 23.6 Å². The molecule has 4 nitrogen and oxygen atoms in total. The normalized spacial score (nSPS) is 23.4. The van der Waals surface area contributed by atoms with Crippen LogP contribution >= 0.6 is 0 Å². The molecular formula is C6H11N3O. The van der Waals surface area contributed by atoms with Crippen LogP contribution in [0, 0.1) is 0 Å². The number of hydrogen-bond donors (Lipinski definition) is 4. The minimum Gasteiger partial charge on any atom is -0.508 e. The Bertz CT molecular complexity index is 205. The summed E-state index contributed by atoms with van der Waals surface area (Å²) in [6.45, 7) is 0. The third-order valence-electron chi connectivity index (χ3n) is 1.49. The van der Waals surface area contributed by atoms with Crippen LogP contribution in [0.2, 0.25) is 0 Å². The van der Waals surface area contributed by atoms with Gasteiger partial charge in [0.1, 0.15) is 11.4 Å². The minimum atomic E-state index is -0.980. The van der Waals surface area contributed by atoms with Gasteiger partial charge in [0.15, 0.2) is 0 Å². The Hall–Kier alpha value is -1.00. The fourth-order valence-corrected chi connectivity index (χ4v) is 0.744. The lowest BCUT2D eigenvalue weighted by molar-refractivity contribution is 0.406. The molecule has 0 aliphatic heterocycles. The van der Waals surface area contributed by atoms with Crippen LogP contribution in [0.1, 0.15) is 6.42 Å². The van der Waals surface area contributed by atoms with E-state index < -0.39 is 5.66 Å². The Kier molecular flexibility index (Phi) is 1.42. The van der Waals surface area contributed by atoms with Gasteiger partial charge in [-0.05, 0) is 6.08 Å². The third-order valence-corrected chi connectivity index (χ3v) is 1.49. The fourth-order valence-electron chi connectivity index (χ4n) is 0.744. The van der Waals surface area contributed by atoms with E-state index in [1.165, 1.54) is 12.2 Å². The zero-order chi connectivity index (χ0) is 7.78. The summed E-state index contributed by atoms with van der Waals surface area (Å²) in [5.74, 6) is 0.129. The molecule has 0 bridgehead atoms. The first kappa shape index (κ1) is 7.11. The van der Waals surface area contributed by atoms with Crippen molar-refractivity contribution in [2.45, 2.75) is 12.1 Å². The van der Waals surface area contributed by atoms with Crippen molar-refractivity contribution in [1.82, 2.24) is 0 Å². The second-order valence-corrected chi connectivity index (χ2v) is 2.47. The Morgan fingerprint density at radius 2 is 2.10 bits per heavy atom. The largest absolute Gasteiger partial charge is 0.508 e. The first-order valence-electron chi connectivity index (χ1n) is 2.97. The summed E-state index contributed by atoms with van der Waals surface area (Å²) in [7, 11) is 0. The SMILES string of the molecule is NC1=CC(O)=CCC1(N)N. The number of allylic oxidation sites excluding steroid dienone is 1. The van der Waals surface area contributed by atoms with Gasteiger partial charge < -0.3 is 22.3 Å². The summed E-state index contributed by atoms with van der Waals surface area (Å²) < 4.78 is 0. The zero-order valence-electron chi connectivity index (χ0n) is 5.54. The lowest BCUT2D eigenvalue weighted by Crippen LogP contribution is -2.54. The molecule has 0 amide bonds. The maximum atomic E-state index is 8.91. The van der Waals surface area contributed by atoms with E-state index in [4.69, 9.17) is 22.3 Å². The topological polar surface area (TPSA) is 98.3 Å². The van der Waals surface area contributed by atoms with Crippen LogP contribution in [0.25, 0.3) is 0 Å². The molecule has 10 heavy (non-hydrogen) atoms. The van der Waals surface area contributed by atoms with Crippen LogP contribution in [0.5, 0.6) is 0 Å². The molecule has 1 aliphatic rings. The van der Waals surface area contributed by atoms with E-state index in [0.29, 0.717) is 12.1 Å². The van der Waals surface area contributed by atoms with E-state index in [1.807, 2.05) is 0 Å². The molecule has 56 valence electrons. The lowest BCUT2D eigenvalue weighted by Gasteiger charge is -2.26. The number of rotatable bonds is 0. The number of nitrogens with two attached hydrogens (primary N) is 3. The molecule has 0 atom stereocenters. The number of hydrogen-bond acceptors (Lipinski definition) is 4. The molecule has 0 saturated carbocycles. The van der Waals surface area contributed by atoms with Crippen LogP contribution in [0.15, 0.2) is 23.6 Å². The molecule has 0 radical (unpaired) electrons. The highest BCUT2D eigenvalue weighted by Crippen LogP contribution is 2.15. The maximum absolute atomic E-state index is 8.91. The van der Waals surface area contributed by atoms with E-state index in [-0.39, 0.29) is 5.76 Å². The Labute approximate surface area is 59.0 Å². The van der Waals surface area contributed by atoms with Crippen LogP contribution in [-0.4, -0.2) is 10.8 Å². The molecule has 0 unspecified atom stereocenters. The van der Waals surface area contributed by atoms with E-state index in [0.717, 1.165) is 0 Å². The first-order chi connectivity index (χ1) is 4.52.